The summed E-state index contributed by atoms with van der Waals surface area (Å²) < 4.78 is 39.1. The van der Waals surface area contributed by atoms with Gasteiger partial charge in [-0.15, -0.1) is 0 Å². The summed E-state index contributed by atoms with van der Waals surface area (Å²) >= 11 is 0. The second kappa shape index (κ2) is 10.9. The van der Waals surface area contributed by atoms with Crippen molar-refractivity contribution in [3.63, 3.8) is 0 Å². The fraction of sp³-hybridized carbons (Fsp3) is 0.429. The number of aromatic nitrogens is 2. The van der Waals surface area contributed by atoms with Crippen molar-refractivity contribution in [1.29, 1.82) is 0 Å². The second-order valence-corrected chi connectivity index (χ2v) is 7.80. The highest BCUT2D eigenvalue weighted by Gasteiger charge is 2.36. The van der Waals surface area contributed by atoms with Gasteiger partial charge in [0.25, 0.3) is 11.8 Å². The zero-order chi connectivity index (χ0) is 24.8. The van der Waals surface area contributed by atoms with Crippen molar-refractivity contribution in [2.45, 2.75) is 31.8 Å². The first-order valence-electron chi connectivity index (χ1n) is 10.5. The summed E-state index contributed by atoms with van der Waals surface area (Å²) in [5.74, 6) is -3.02. The number of amides is 2. The summed E-state index contributed by atoms with van der Waals surface area (Å²) in [6.07, 6.45) is 1.74. The van der Waals surface area contributed by atoms with Crippen molar-refractivity contribution >= 4 is 29.3 Å². The van der Waals surface area contributed by atoms with Crippen LogP contribution in [0.3, 0.4) is 0 Å². The number of nitrogens with two attached hydrogens (primary N) is 1. The van der Waals surface area contributed by atoms with Gasteiger partial charge in [-0.2, -0.15) is 0 Å². The van der Waals surface area contributed by atoms with E-state index in [4.69, 9.17) is 20.3 Å². The summed E-state index contributed by atoms with van der Waals surface area (Å²) in [5, 5.41) is 17.0. The fourth-order valence-electron chi connectivity index (χ4n) is 3.38. The van der Waals surface area contributed by atoms with Crippen LogP contribution in [0.1, 0.15) is 30.1 Å². The third-order valence-corrected chi connectivity index (χ3v) is 5.16. The van der Waals surface area contributed by atoms with Crippen LogP contribution >= 0.6 is 0 Å². The van der Waals surface area contributed by atoms with Gasteiger partial charge in [0.2, 0.25) is 0 Å². The largest absolute Gasteiger partial charge is 0.473 e. The van der Waals surface area contributed by atoms with Crippen molar-refractivity contribution in [2.75, 3.05) is 31.0 Å². The van der Waals surface area contributed by atoms with Gasteiger partial charge in [0.15, 0.2) is 17.5 Å². The van der Waals surface area contributed by atoms with Crippen molar-refractivity contribution in [3.05, 3.63) is 35.5 Å². The van der Waals surface area contributed by atoms with Gasteiger partial charge in [0.05, 0.1) is 30.1 Å². The van der Waals surface area contributed by atoms with Gasteiger partial charge in [-0.05, 0) is 31.7 Å². The van der Waals surface area contributed by atoms with E-state index in [1.807, 2.05) is 0 Å². The van der Waals surface area contributed by atoms with Gasteiger partial charge in [-0.1, -0.05) is 0 Å². The molecule has 2 atom stereocenters. The quantitative estimate of drug-likeness (QED) is 0.287. The van der Waals surface area contributed by atoms with Crippen LogP contribution in [0, 0.1) is 17.6 Å². The number of carboxylic acid groups (broad SMARTS) is 1. The molecule has 6 N–H and O–H groups in total. The van der Waals surface area contributed by atoms with Crippen LogP contribution in [0.25, 0.3) is 0 Å². The topological polar surface area (TPSA) is 161 Å². The van der Waals surface area contributed by atoms with E-state index in [0.29, 0.717) is 0 Å². The number of carbonyl (C=O) groups is 2. The Kier molecular flexibility index (Phi) is 7.99. The number of pyridine rings is 2. The fourth-order valence-corrected chi connectivity index (χ4v) is 3.38. The molecule has 0 aliphatic heterocycles. The van der Waals surface area contributed by atoms with Crippen LogP contribution in [0.4, 0.5) is 30.9 Å². The molecular formula is C21H26F2N6O5. The number of nitrogens with one attached hydrogen (secondary N) is 3. The predicted molar refractivity (Wildman–Crippen MR) is 118 cm³/mol. The number of ether oxygens (including phenoxy) is 2. The van der Waals surface area contributed by atoms with Gasteiger partial charge < -0.3 is 36.3 Å². The molecule has 3 rings (SSSR count). The zero-order valence-electron chi connectivity index (χ0n) is 18.6. The molecule has 1 aliphatic rings. The summed E-state index contributed by atoms with van der Waals surface area (Å²) in [5.41, 5.74) is 5.22. The highest BCUT2D eigenvalue weighted by atomic mass is 19.1. The number of nitrogens with zero attached hydrogens (tertiary/aromatic N) is 2. The summed E-state index contributed by atoms with van der Waals surface area (Å²) in [4.78, 5) is 30.9. The third-order valence-electron chi connectivity index (χ3n) is 5.16. The maximum atomic E-state index is 14.8. The Hall–Kier alpha value is -3.74. The molecule has 1 saturated carbocycles. The van der Waals surface area contributed by atoms with E-state index < -0.39 is 35.7 Å². The van der Waals surface area contributed by atoms with Crippen LogP contribution in [0.15, 0.2) is 18.3 Å². The first-order valence-corrected chi connectivity index (χ1v) is 10.5. The van der Waals surface area contributed by atoms with E-state index in [0.717, 1.165) is 25.0 Å². The number of halogens is 2. The summed E-state index contributed by atoms with van der Waals surface area (Å²) in [7, 11) is 1.48. The first-order chi connectivity index (χ1) is 16.2. The maximum Gasteiger partial charge on any atom is 0.404 e. The lowest BCUT2D eigenvalue weighted by atomic mass is 10.0. The molecule has 184 valence electrons. The molecule has 2 amide bonds. The highest BCUT2D eigenvalue weighted by Crippen LogP contribution is 2.36. The van der Waals surface area contributed by atoms with Crippen molar-refractivity contribution in [3.8, 4) is 5.88 Å². The molecule has 0 radical (unpaired) electrons. The van der Waals surface area contributed by atoms with Gasteiger partial charge >= 0.3 is 6.09 Å². The Balaban J connectivity index is 1.85. The van der Waals surface area contributed by atoms with Gasteiger partial charge in [-0.25, -0.2) is 23.5 Å². The zero-order valence-corrected chi connectivity index (χ0v) is 18.6. The third kappa shape index (κ3) is 6.41. The minimum atomic E-state index is -1.20. The summed E-state index contributed by atoms with van der Waals surface area (Å²) in [6, 6.07) is 1.00. The van der Waals surface area contributed by atoms with Crippen LogP contribution in [0.5, 0.6) is 5.88 Å². The molecule has 0 saturated heterocycles. The predicted octanol–water partition coefficient (Wildman–Crippen LogP) is 2.47. The smallest absolute Gasteiger partial charge is 0.404 e. The number of carbonyl (C=O) groups excluding carboxylic acids is 1. The van der Waals surface area contributed by atoms with E-state index in [2.05, 4.69) is 25.9 Å². The Bertz CT molecular complexity index is 1050. The van der Waals surface area contributed by atoms with E-state index in [9.17, 15) is 18.4 Å². The lowest BCUT2D eigenvalue weighted by molar-refractivity contribution is 0.1000. The lowest BCUT2D eigenvalue weighted by Gasteiger charge is -2.26. The highest BCUT2D eigenvalue weighted by molar-refractivity contribution is 5.98. The Morgan fingerprint density at radius 1 is 1.24 bits per heavy atom. The molecule has 2 aromatic rings. The Morgan fingerprint density at radius 3 is 2.56 bits per heavy atom. The molecule has 0 spiro atoms. The molecule has 0 aromatic carbocycles. The van der Waals surface area contributed by atoms with Gasteiger partial charge in [0, 0.05) is 19.2 Å². The summed E-state index contributed by atoms with van der Waals surface area (Å²) in [6.45, 7) is 2.01. The minimum absolute atomic E-state index is 0.102. The van der Waals surface area contributed by atoms with Gasteiger partial charge in [0.1, 0.15) is 12.4 Å². The van der Waals surface area contributed by atoms with E-state index >= 15 is 0 Å². The number of rotatable bonds is 12. The lowest BCUT2D eigenvalue weighted by Crippen LogP contribution is -2.45. The molecule has 34 heavy (non-hydrogen) atoms. The molecule has 1 fully saturated rings. The van der Waals surface area contributed by atoms with Crippen molar-refractivity contribution in [1.82, 2.24) is 15.3 Å². The van der Waals surface area contributed by atoms with E-state index in [-0.39, 0.29) is 47.9 Å². The average molecular weight is 480 g/mol. The minimum Gasteiger partial charge on any atom is -0.473 e. The van der Waals surface area contributed by atoms with E-state index in [1.54, 1.807) is 6.92 Å². The number of primary amides is 1. The second-order valence-electron chi connectivity index (χ2n) is 7.80. The van der Waals surface area contributed by atoms with Crippen LogP contribution in [-0.2, 0) is 4.74 Å². The number of anilines is 3. The number of methoxy groups -OCH3 is 1. The van der Waals surface area contributed by atoms with Crippen molar-refractivity contribution in [2.24, 2.45) is 11.7 Å². The molecule has 11 nitrogen and oxygen atoms in total. The first kappa shape index (κ1) is 24.9. The number of hydrogen-bond acceptors (Lipinski definition) is 8. The SMILES string of the molecule is COCCOc1ncc(Nc2nc(N[C@H](C3CC3)[C@H](C)NC(=O)O)c(F)cc2C(N)=O)cc1F. The molecule has 2 heterocycles. The monoisotopic (exact) mass is 480 g/mol. The van der Waals surface area contributed by atoms with Crippen LogP contribution in [0.2, 0.25) is 0 Å². The van der Waals surface area contributed by atoms with Crippen molar-refractivity contribution < 1.29 is 33.0 Å². The van der Waals surface area contributed by atoms with E-state index in [1.165, 1.54) is 13.3 Å². The molecule has 0 unspecified atom stereocenters. The average Bonchev–Trinajstić information content (AvgIpc) is 3.59. The maximum absolute atomic E-state index is 14.8. The van der Waals surface area contributed by atoms with Gasteiger partial charge in [-0.3, -0.25) is 4.79 Å². The standard InChI is InChI=1S/C21H26F2N6O5/c1-10(26-21(31)32)16(11-3-4-11)28-19-14(22)8-13(17(24)30)18(29-19)27-12-7-15(23)20(25-9-12)34-6-5-33-2/h7-11,16,26H,3-6H2,1-2H3,(H2,24,30)(H,31,32)(H2,27,28,29)/t10-,16-/m0/s1. The normalized spacial score (nSPS) is 14.7. The number of hydrogen-bond donors (Lipinski definition) is 5. The molecule has 1 aliphatic carbocycles. The Morgan fingerprint density at radius 2 is 1.97 bits per heavy atom. The molecular weight excluding hydrogens is 454 g/mol. The van der Waals surface area contributed by atoms with Crippen LogP contribution < -0.4 is 26.4 Å². The molecule has 2 aromatic heterocycles. The Labute approximate surface area is 194 Å². The molecule has 13 heteroatoms. The van der Waals surface area contributed by atoms with Crippen LogP contribution in [-0.4, -0.2) is 59.5 Å². The molecule has 0 bridgehead atoms.